The van der Waals surface area contributed by atoms with Crippen LogP contribution in [0.5, 0.6) is 0 Å². The van der Waals surface area contributed by atoms with Crippen molar-refractivity contribution in [1.29, 1.82) is 0 Å². The Kier molecular flexibility index (Phi) is 3.44. The van der Waals surface area contributed by atoms with Crippen LogP contribution in [0.2, 0.25) is 0 Å². The zero-order valence-corrected chi connectivity index (χ0v) is 10.3. The molecule has 15 heavy (non-hydrogen) atoms. The fourth-order valence-corrected chi connectivity index (χ4v) is 2.87. The Labute approximate surface area is 95.6 Å². The third-order valence-corrected chi connectivity index (χ3v) is 3.87. The van der Waals surface area contributed by atoms with E-state index in [9.17, 15) is 0 Å². The SMILES string of the molecule is CC1(C)C[C@H]([NH2+]Cc2cccs2)CCO1. The van der Waals surface area contributed by atoms with Crippen LogP contribution < -0.4 is 5.32 Å². The summed E-state index contributed by atoms with van der Waals surface area (Å²) in [5.74, 6) is 0. The molecule has 0 amide bonds. The van der Waals surface area contributed by atoms with Gasteiger partial charge in [-0.2, -0.15) is 0 Å². The summed E-state index contributed by atoms with van der Waals surface area (Å²) in [5.41, 5.74) is 0.0782. The third-order valence-electron chi connectivity index (χ3n) is 2.97. The molecule has 2 rings (SSSR count). The van der Waals surface area contributed by atoms with Crippen LogP contribution in [0.4, 0.5) is 0 Å². The van der Waals surface area contributed by atoms with Crippen molar-refractivity contribution in [3.63, 3.8) is 0 Å². The topological polar surface area (TPSA) is 25.8 Å². The zero-order chi connectivity index (χ0) is 10.7. The average molecular weight is 226 g/mol. The lowest BCUT2D eigenvalue weighted by Gasteiger charge is -2.33. The molecular formula is C12H20NOS+. The molecule has 3 heteroatoms. The first-order valence-corrected chi connectivity index (χ1v) is 6.53. The second-order valence-electron chi connectivity index (χ2n) is 4.88. The third kappa shape index (κ3) is 3.30. The van der Waals surface area contributed by atoms with Gasteiger partial charge in [-0.3, -0.25) is 0 Å². The lowest BCUT2D eigenvalue weighted by atomic mass is 9.94. The van der Waals surface area contributed by atoms with Gasteiger partial charge in [0.25, 0.3) is 0 Å². The maximum atomic E-state index is 5.72. The molecule has 0 unspecified atom stereocenters. The number of hydrogen-bond donors (Lipinski definition) is 1. The van der Waals surface area contributed by atoms with Gasteiger partial charge in [0.1, 0.15) is 6.54 Å². The molecule has 1 fully saturated rings. The highest BCUT2D eigenvalue weighted by Gasteiger charge is 2.30. The Morgan fingerprint density at radius 1 is 1.60 bits per heavy atom. The van der Waals surface area contributed by atoms with Crippen LogP contribution >= 0.6 is 11.3 Å². The summed E-state index contributed by atoms with van der Waals surface area (Å²) in [6.45, 7) is 6.42. The predicted molar refractivity (Wildman–Crippen MR) is 63.0 cm³/mol. The van der Waals surface area contributed by atoms with Gasteiger partial charge in [0.15, 0.2) is 0 Å². The molecule has 0 aromatic carbocycles. The molecule has 2 N–H and O–H groups in total. The molecule has 1 aromatic rings. The van der Waals surface area contributed by atoms with Crippen LogP contribution in [0.1, 0.15) is 31.6 Å². The summed E-state index contributed by atoms with van der Waals surface area (Å²) < 4.78 is 5.72. The van der Waals surface area contributed by atoms with Crippen molar-refractivity contribution in [3.8, 4) is 0 Å². The number of thiophene rings is 1. The summed E-state index contributed by atoms with van der Waals surface area (Å²) in [4.78, 5) is 1.47. The Balaban J connectivity index is 1.80. The van der Waals surface area contributed by atoms with Gasteiger partial charge in [-0.25, -0.2) is 0 Å². The van der Waals surface area contributed by atoms with Crippen LogP contribution in [0, 0.1) is 0 Å². The molecule has 2 nitrogen and oxygen atoms in total. The van der Waals surface area contributed by atoms with E-state index in [0.29, 0.717) is 0 Å². The van der Waals surface area contributed by atoms with Crippen molar-refractivity contribution < 1.29 is 10.1 Å². The normalized spacial score (nSPS) is 25.3. The maximum absolute atomic E-state index is 5.72. The van der Waals surface area contributed by atoms with Crippen LogP contribution in [0.15, 0.2) is 17.5 Å². The van der Waals surface area contributed by atoms with E-state index < -0.39 is 0 Å². The van der Waals surface area contributed by atoms with Gasteiger partial charge < -0.3 is 10.1 Å². The van der Waals surface area contributed by atoms with Crippen molar-refractivity contribution in [2.75, 3.05) is 6.61 Å². The van der Waals surface area contributed by atoms with Gasteiger partial charge in [-0.15, -0.1) is 11.3 Å². The number of ether oxygens (including phenoxy) is 1. The lowest BCUT2D eigenvalue weighted by Crippen LogP contribution is -2.89. The van der Waals surface area contributed by atoms with E-state index in [0.717, 1.165) is 19.2 Å². The Bertz CT molecular complexity index is 295. The second kappa shape index (κ2) is 4.64. The second-order valence-corrected chi connectivity index (χ2v) is 5.91. The molecule has 1 aliphatic heterocycles. The minimum Gasteiger partial charge on any atom is -0.375 e. The highest BCUT2D eigenvalue weighted by molar-refractivity contribution is 7.09. The monoisotopic (exact) mass is 226 g/mol. The van der Waals surface area contributed by atoms with E-state index in [1.165, 1.54) is 17.7 Å². The summed E-state index contributed by atoms with van der Waals surface area (Å²) in [6.07, 6.45) is 2.35. The Morgan fingerprint density at radius 3 is 3.13 bits per heavy atom. The summed E-state index contributed by atoms with van der Waals surface area (Å²) in [7, 11) is 0. The van der Waals surface area contributed by atoms with Crippen LogP contribution in [0.25, 0.3) is 0 Å². The van der Waals surface area contributed by atoms with Gasteiger partial charge in [0, 0.05) is 12.8 Å². The lowest BCUT2D eigenvalue weighted by molar-refractivity contribution is -0.709. The first kappa shape index (κ1) is 11.1. The maximum Gasteiger partial charge on any atom is 0.111 e. The average Bonchev–Trinajstić information content (AvgIpc) is 2.65. The van der Waals surface area contributed by atoms with E-state index in [4.69, 9.17) is 4.74 Å². The van der Waals surface area contributed by atoms with Crippen molar-refractivity contribution in [1.82, 2.24) is 0 Å². The fraction of sp³-hybridized carbons (Fsp3) is 0.667. The van der Waals surface area contributed by atoms with Gasteiger partial charge >= 0.3 is 0 Å². The molecule has 84 valence electrons. The number of rotatable bonds is 3. The van der Waals surface area contributed by atoms with Crippen LogP contribution in [-0.2, 0) is 11.3 Å². The van der Waals surface area contributed by atoms with E-state index in [2.05, 4.69) is 36.7 Å². The molecule has 0 radical (unpaired) electrons. The van der Waals surface area contributed by atoms with Gasteiger partial charge in [-0.05, 0) is 25.3 Å². The van der Waals surface area contributed by atoms with E-state index in [1.807, 2.05) is 11.3 Å². The van der Waals surface area contributed by atoms with Crippen molar-refractivity contribution in [3.05, 3.63) is 22.4 Å². The molecular weight excluding hydrogens is 206 g/mol. The van der Waals surface area contributed by atoms with Crippen LogP contribution in [-0.4, -0.2) is 18.2 Å². The van der Waals surface area contributed by atoms with Crippen LogP contribution in [0.3, 0.4) is 0 Å². The molecule has 0 aliphatic carbocycles. The van der Waals surface area contributed by atoms with E-state index in [-0.39, 0.29) is 5.60 Å². The minimum atomic E-state index is 0.0782. The summed E-state index contributed by atoms with van der Waals surface area (Å²) in [5, 5.41) is 4.62. The van der Waals surface area contributed by atoms with Gasteiger partial charge in [0.05, 0.1) is 23.1 Å². The first-order valence-electron chi connectivity index (χ1n) is 5.65. The minimum absolute atomic E-state index is 0.0782. The molecule has 1 atom stereocenters. The zero-order valence-electron chi connectivity index (χ0n) is 9.53. The van der Waals surface area contributed by atoms with Gasteiger partial charge in [0.2, 0.25) is 0 Å². The molecule has 0 saturated carbocycles. The quantitative estimate of drug-likeness (QED) is 0.835. The van der Waals surface area contributed by atoms with Crippen molar-refractivity contribution in [2.24, 2.45) is 0 Å². The highest BCUT2D eigenvalue weighted by Crippen LogP contribution is 2.22. The number of hydrogen-bond acceptors (Lipinski definition) is 2. The van der Waals surface area contributed by atoms with Crippen molar-refractivity contribution >= 4 is 11.3 Å². The fourth-order valence-electron chi connectivity index (χ4n) is 2.19. The molecule has 1 aliphatic rings. The molecule has 1 aromatic heterocycles. The molecule has 1 saturated heterocycles. The van der Waals surface area contributed by atoms with E-state index in [1.54, 1.807) is 0 Å². The molecule has 2 heterocycles. The smallest absolute Gasteiger partial charge is 0.111 e. The largest absolute Gasteiger partial charge is 0.375 e. The van der Waals surface area contributed by atoms with Crippen molar-refractivity contribution in [2.45, 2.75) is 44.9 Å². The summed E-state index contributed by atoms with van der Waals surface area (Å²) in [6, 6.07) is 5.07. The standard InChI is InChI=1S/C12H19NOS/c1-12(2)8-10(5-6-14-12)13-9-11-4-3-7-15-11/h3-4,7,10,13H,5-6,8-9H2,1-2H3/p+1/t10-/m1/s1. The molecule has 0 bridgehead atoms. The number of quaternary nitrogens is 1. The Morgan fingerprint density at radius 2 is 2.47 bits per heavy atom. The predicted octanol–water partition coefficient (Wildman–Crippen LogP) is 1.77. The Hall–Kier alpha value is -0.380. The van der Waals surface area contributed by atoms with Gasteiger partial charge in [-0.1, -0.05) is 6.07 Å². The first-order chi connectivity index (χ1) is 7.16. The van der Waals surface area contributed by atoms with E-state index >= 15 is 0 Å². The summed E-state index contributed by atoms with van der Waals surface area (Å²) >= 11 is 1.85. The molecule has 0 spiro atoms. The number of nitrogens with two attached hydrogens (primary N) is 1. The highest BCUT2D eigenvalue weighted by atomic mass is 32.1.